The van der Waals surface area contributed by atoms with Crippen LogP contribution in [0.3, 0.4) is 0 Å². The van der Waals surface area contributed by atoms with Crippen LogP contribution in [0.25, 0.3) is 21.5 Å². The Bertz CT molecular complexity index is 1040. The molecule has 0 radical (unpaired) electrons. The monoisotopic (exact) mass is 400 g/mol. The van der Waals surface area contributed by atoms with Crippen molar-refractivity contribution < 1.29 is 13.9 Å². The number of anilines is 1. The van der Waals surface area contributed by atoms with Crippen molar-refractivity contribution in [1.29, 1.82) is 0 Å². The van der Waals surface area contributed by atoms with E-state index in [1.807, 2.05) is 36.0 Å². The number of aromatic nitrogens is 3. The first-order valence-corrected chi connectivity index (χ1v) is 10.4. The van der Waals surface area contributed by atoms with Crippen LogP contribution in [0.5, 0.6) is 0 Å². The topological polar surface area (TPSA) is 69.0 Å². The van der Waals surface area contributed by atoms with Crippen LogP contribution in [0.15, 0.2) is 24.4 Å². The number of carbonyl (C=O) groups excluding carboxylic acids is 1. The van der Waals surface area contributed by atoms with Gasteiger partial charge in [0.05, 0.1) is 21.8 Å². The highest BCUT2D eigenvalue weighted by atomic mass is 32.1. The standard InChI is InChI=1S/C20H21FN4O2S/c1-11-10-25(17-4-2-3-7-27-17)24-18(11)12-5-6-15-16(8-12)28-20(22-15)23-19(26)13-9-14(13)21/h5-6,8,10,13-14,17H,2-4,7,9H2,1H3,(H,22,23,26)/t13-,14?,17?/m1/s1. The molecule has 8 heteroatoms. The van der Waals surface area contributed by atoms with E-state index < -0.39 is 12.1 Å². The van der Waals surface area contributed by atoms with Gasteiger partial charge in [0.25, 0.3) is 0 Å². The molecule has 146 valence electrons. The summed E-state index contributed by atoms with van der Waals surface area (Å²) in [6.07, 6.45) is 4.61. The number of benzene rings is 1. The second-order valence-corrected chi connectivity index (χ2v) is 8.54. The minimum atomic E-state index is -1.01. The van der Waals surface area contributed by atoms with Crippen LogP contribution in [0, 0.1) is 12.8 Å². The molecule has 1 aliphatic carbocycles. The van der Waals surface area contributed by atoms with Gasteiger partial charge in [-0.15, -0.1) is 0 Å². The molecule has 1 saturated carbocycles. The van der Waals surface area contributed by atoms with Crippen molar-refractivity contribution in [2.24, 2.45) is 5.92 Å². The SMILES string of the molecule is Cc1cn(C2CCCCO2)nc1-c1ccc2nc(NC(=O)[C@@H]3CC3F)sc2c1. The lowest BCUT2D eigenvalue weighted by Crippen LogP contribution is -2.18. The molecular formula is C20H21FN4O2S. The summed E-state index contributed by atoms with van der Waals surface area (Å²) in [5.41, 5.74) is 3.83. The average Bonchev–Trinajstić information content (AvgIpc) is 3.11. The first-order chi connectivity index (χ1) is 13.6. The molecule has 3 heterocycles. The molecule has 1 N–H and O–H groups in total. The van der Waals surface area contributed by atoms with Crippen LogP contribution < -0.4 is 5.32 Å². The lowest BCUT2D eigenvalue weighted by atomic mass is 10.1. The van der Waals surface area contributed by atoms with Gasteiger partial charge in [-0.3, -0.25) is 4.79 Å². The lowest BCUT2D eigenvalue weighted by molar-refractivity contribution is -0.117. The highest BCUT2D eigenvalue weighted by Gasteiger charge is 2.43. The predicted octanol–water partition coefficient (Wildman–Crippen LogP) is 4.46. The fraction of sp³-hybridized carbons (Fsp3) is 0.450. The summed E-state index contributed by atoms with van der Waals surface area (Å²) in [7, 11) is 0. The van der Waals surface area contributed by atoms with Crippen molar-refractivity contribution in [3.05, 3.63) is 30.0 Å². The first-order valence-electron chi connectivity index (χ1n) is 9.62. The molecule has 2 unspecified atom stereocenters. The number of carbonyl (C=O) groups is 1. The van der Waals surface area contributed by atoms with Crippen LogP contribution in [0.1, 0.15) is 37.5 Å². The summed E-state index contributed by atoms with van der Waals surface area (Å²) in [6, 6.07) is 5.97. The van der Waals surface area contributed by atoms with Gasteiger partial charge >= 0.3 is 0 Å². The molecule has 1 aromatic carbocycles. The maximum atomic E-state index is 13.1. The van der Waals surface area contributed by atoms with Gasteiger partial charge in [0.2, 0.25) is 5.91 Å². The van der Waals surface area contributed by atoms with Crippen molar-refractivity contribution in [1.82, 2.24) is 14.8 Å². The Morgan fingerprint density at radius 1 is 1.39 bits per heavy atom. The number of rotatable bonds is 4. The summed E-state index contributed by atoms with van der Waals surface area (Å²) in [5.74, 6) is -0.801. The van der Waals surface area contributed by atoms with Crippen LogP contribution in [-0.4, -0.2) is 33.5 Å². The van der Waals surface area contributed by atoms with Gasteiger partial charge in [0.15, 0.2) is 5.13 Å². The Kier molecular flexibility index (Phi) is 4.40. The van der Waals surface area contributed by atoms with E-state index in [9.17, 15) is 9.18 Å². The number of fused-ring (bicyclic) bond motifs is 1. The first kappa shape index (κ1) is 17.8. The highest BCUT2D eigenvalue weighted by Crippen LogP contribution is 2.36. The Morgan fingerprint density at radius 2 is 2.25 bits per heavy atom. The number of alkyl halides is 1. The van der Waals surface area contributed by atoms with E-state index in [1.54, 1.807) is 0 Å². The number of amides is 1. The molecule has 2 aliphatic rings. The van der Waals surface area contributed by atoms with Gasteiger partial charge in [-0.1, -0.05) is 17.4 Å². The number of thiazole rings is 1. The highest BCUT2D eigenvalue weighted by molar-refractivity contribution is 7.22. The van der Waals surface area contributed by atoms with Gasteiger partial charge in [0, 0.05) is 18.4 Å². The molecule has 5 rings (SSSR count). The molecular weight excluding hydrogens is 379 g/mol. The number of hydrogen-bond donors (Lipinski definition) is 1. The molecule has 6 nitrogen and oxygen atoms in total. The van der Waals surface area contributed by atoms with Crippen molar-refractivity contribution in [2.45, 2.75) is 45.0 Å². The number of nitrogens with zero attached hydrogens (tertiary/aromatic N) is 3. The largest absolute Gasteiger partial charge is 0.357 e. The summed E-state index contributed by atoms with van der Waals surface area (Å²) in [5, 5.41) is 8.01. The van der Waals surface area contributed by atoms with Crippen LogP contribution >= 0.6 is 11.3 Å². The fourth-order valence-corrected chi connectivity index (χ4v) is 4.51. The smallest absolute Gasteiger partial charge is 0.232 e. The van der Waals surface area contributed by atoms with E-state index >= 15 is 0 Å². The number of aryl methyl sites for hydroxylation is 1. The third-order valence-corrected chi connectivity index (χ3v) is 6.24. The zero-order valence-corrected chi connectivity index (χ0v) is 16.3. The molecule has 2 fully saturated rings. The number of ether oxygens (including phenoxy) is 1. The third kappa shape index (κ3) is 3.31. The molecule has 3 atom stereocenters. The Hall–Kier alpha value is -2.32. The van der Waals surface area contributed by atoms with E-state index in [-0.39, 0.29) is 12.1 Å². The van der Waals surface area contributed by atoms with Gasteiger partial charge in [-0.2, -0.15) is 5.10 Å². The summed E-state index contributed by atoms with van der Waals surface area (Å²) >= 11 is 1.40. The second-order valence-electron chi connectivity index (χ2n) is 7.51. The maximum absolute atomic E-state index is 13.1. The molecule has 28 heavy (non-hydrogen) atoms. The third-order valence-electron chi connectivity index (χ3n) is 5.31. The Labute approximate surface area is 165 Å². The zero-order chi connectivity index (χ0) is 19.3. The number of halogens is 1. The van der Waals surface area contributed by atoms with Crippen LogP contribution in [0.4, 0.5) is 9.52 Å². The fourth-order valence-electron chi connectivity index (χ4n) is 3.61. The normalized spacial score (nSPS) is 24.4. The number of nitrogens with one attached hydrogen (secondary N) is 1. The Morgan fingerprint density at radius 3 is 3.00 bits per heavy atom. The van der Waals surface area contributed by atoms with E-state index in [0.717, 1.165) is 52.9 Å². The van der Waals surface area contributed by atoms with Crippen molar-refractivity contribution in [2.75, 3.05) is 11.9 Å². The van der Waals surface area contributed by atoms with Crippen molar-refractivity contribution in [3.63, 3.8) is 0 Å². The molecule has 1 aliphatic heterocycles. The zero-order valence-electron chi connectivity index (χ0n) is 15.5. The second kappa shape index (κ2) is 6.93. The molecule has 2 aromatic heterocycles. The number of hydrogen-bond acceptors (Lipinski definition) is 5. The van der Waals surface area contributed by atoms with Crippen molar-refractivity contribution >= 4 is 32.6 Å². The van der Waals surface area contributed by atoms with E-state index in [0.29, 0.717) is 11.6 Å². The quantitative estimate of drug-likeness (QED) is 0.702. The van der Waals surface area contributed by atoms with E-state index in [2.05, 4.69) is 10.3 Å². The molecule has 3 aromatic rings. The van der Waals surface area contributed by atoms with Gasteiger partial charge in [0.1, 0.15) is 12.4 Å². The lowest BCUT2D eigenvalue weighted by Gasteiger charge is -2.22. The van der Waals surface area contributed by atoms with Gasteiger partial charge in [-0.25, -0.2) is 14.1 Å². The summed E-state index contributed by atoms with van der Waals surface area (Å²) in [6.45, 7) is 2.83. The molecule has 0 bridgehead atoms. The minimum absolute atomic E-state index is 0.0110. The maximum Gasteiger partial charge on any atom is 0.232 e. The average molecular weight is 400 g/mol. The van der Waals surface area contributed by atoms with E-state index in [4.69, 9.17) is 9.84 Å². The van der Waals surface area contributed by atoms with Crippen LogP contribution in [0.2, 0.25) is 0 Å². The van der Waals surface area contributed by atoms with Gasteiger partial charge in [-0.05, 0) is 50.3 Å². The van der Waals surface area contributed by atoms with Crippen LogP contribution in [-0.2, 0) is 9.53 Å². The molecule has 0 spiro atoms. The summed E-state index contributed by atoms with van der Waals surface area (Å²) in [4.78, 5) is 16.4. The summed E-state index contributed by atoms with van der Waals surface area (Å²) < 4.78 is 21.8. The predicted molar refractivity (Wildman–Crippen MR) is 106 cm³/mol. The Balaban J connectivity index is 1.40. The minimum Gasteiger partial charge on any atom is -0.357 e. The van der Waals surface area contributed by atoms with E-state index in [1.165, 1.54) is 11.3 Å². The van der Waals surface area contributed by atoms with Crippen molar-refractivity contribution in [3.8, 4) is 11.3 Å². The van der Waals surface area contributed by atoms with Gasteiger partial charge < -0.3 is 10.1 Å². The molecule has 1 amide bonds. The molecule has 1 saturated heterocycles.